The Hall–Kier alpha value is -1.76. The molecule has 2 aromatic carbocycles. The van der Waals surface area contributed by atoms with Crippen LogP contribution in [0.1, 0.15) is 11.1 Å². The van der Waals surface area contributed by atoms with Crippen LogP contribution in [-0.2, 0) is 28.1 Å². The summed E-state index contributed by atoms with van der Waals surface area (Å²) in [5.74, 6) is 0.886. The summed E-state index contributed by atoms with van der Waals surface area (Å²) in [5, 5.41) is 17.9. The highest BCUT2D eigenvalue weighted by Gasteiger charge is 2.03. The van der Waals surface area contributed by atoms with Gasteiger partial charge in [0.05, 0.1) is 12.4 Å². The van der Waals surface area contributed by atoms with Crippen LogP contribution in [0.15, 0.2) is 58.7 Å². The van der Waals surface area contributed by atoms with Gasteiger partial charge in [-0.25, -0.2) is 4.78 Å². The van der Waals surface area contributed by atoms with Crippen molar-refractivity contribution in [3.05, 3.63) is 59.7 Å². The van der Waals surface area contributed by atoms with E-state index in [1.54, 1.807) is 67.5 Å². The van der Waals surface area contributed by atoms with E-state index >= 15 is 0 Å². The Bertz CT molecular complexity index is 877. The summed E-state index contributed by atoms with van der Waals surface area (Å²) < 4.78 is 14.2. The first-order valence-electron chi connectivity index (χ1n) is 8.13. The molecule has 0 radical (unpaired) electrons. The first kappa shape index (κ1) is 22.5. The monoisotopic (exact) mass is 456 g/mol. The molecule has 0 aliphatic heterocycles. The van der Waals surface area contributed by atoms with E-state index in [0.29, 0.717) is 5.75 Å². The second-order valence-electron chi connectivity index (χ2n) is 5.53. The third-order valence-electron chi connectivity index (χ3n) is 3.44. The summed E-state index contributed by atoms with van der Waals surface area (Å²) in [6, 6.07) is 14.2. The minimum absolute atomic E-state index is 0.214. The number of hydrazone groups is 2. The molecule has 0 aromatic heterocycles. The van der Waals surface area contributed by atoms with E-state index in [1.807, 2.05) is 24.3 Å². The fourth-order valence-corrected chi connectivity index (χ4v) is 3.49. The van der Waals surface area contributed by atoms with Gasteiger partial charge in [0.15, 0.2) is 7.07 Å². The van der Waals surface area contributed by atoms with Gasteiger partial charge in [-0.2, -0.15) is 10.2 Å². The fraction of sp³-hybridized carbons (Fsp3) is 0.176. The number of rotatable bonds is 9. The molecular weight excluding hydrogens is 434 g/mol. The quantitative estimate of drug-likeness (QED) is 0.351. The topological polar surface area (TPSA) is 69.9 Å². The summed E-state index contributed by atoms with van der Waals surface area (Å²) >= 11 is 10.6. The number of nitrogens with zero attached hydrogens (tertiary/aromatic N) is 4. The third kappa shape index (κ3) is 7.34. The second-order valence-corrected chi connectivity index (χ2v) is 10.6. The van der Waals surface area contributed by atoms with Crippen molar-refractivity contribution >= 4 is 50.2 Å². The summed E-state index contributed by atoms with van der Waals surface area (Å²) in [5.41, 5.74) is 1.78. The number of phenols is 1. The van der Waals surface area contributed by atoms with E-state index in [2.05, 4.69) is 10.2 Å². The smallest absolute Gasteiger partial charge is 0.207 e. The molecule has 2 unspecified atom stereocenters. The maximum Gasteiger partial charge on any atom is 0.207 e. The Morgan fingerprint density at radius 2 is 1.32 bits per heavy atom. The number of hydrogen-bond acceptors (Lipinski definition) is 7. The van der Waals surface area contributed by atoms with Crippen molar-refractivity contribution in [2.24, 2.45) is 10.2 Å². The van der Waals surface area contributed by atoms with Crippen molar-refractivity contribution in [1.82, 2.24) is 9.56 Å². The number of benzene rings is 2. The summed E-state index contributed by atoms with van der Waals surface area (Å²) in [6.45, 7) is 0. The summed E-state index contributed by atoms with van der Waals surface area (Å²) in [4.78, 5) is 0. The molecule has 2 rings (SSSR count). The minimum atomic E-state index is -1.75. The van der Waals surface area contributed by atoms with Crippen LogP contribution >= 0.6 is 14.1 Å². The molecule has 1 N–H and O–H groups in total. The third-order valence-corrected chi connectivity index (χ3v) is 7.82. The van der Waals surface area contributed by atoms with Gasteiger partial charge >= 0.3 is 0 Å². The Morgan fingerprint density at radius 3 is 1.82 bits per heavy atom. The number of aromatic hydroxyl groups is 1. The Balaban J connectivity index is 1.91. The van der Waals surface area contributed by atoms with Gasteiger partial charge in [0.1, 0.15) is 11.5 Å². The molecule has 0 aliphatic rings. The van der Waals surface area contributed by atoms with E-state index in [4.69, 9.17) is 32.7 Å². The van der Waals surface area contributed by atoms with Gasteiger partial charge in [0.25, 0.3) is 0 Å². The SMILES string of the molecule is CO[PH](=S)N(C)/N=C/c1ccc(O[PH](=S)N(C)/N=C/c2ccc(O)cc2)cc1. The highest BCUT2D eigenvalue weighted by atomic mass is 32.4. The predicted octanol–water partition coefficient (Wildman–Crippen LogP) is 3.66. The Labute approximate surface area is 176 Å². The highest BCUT2D eigenvalue weighted by Crippen LogP contribution is 2.30. The number of hydrogen-bond donors (Lipinski definition) is 1. The highest BCUT2D eigenvalue weighted by molar-refractivity contribution is 8.02. The molecular formula is C17H22N4O3P2S2. The molecule has 0 fully saturated rings. The van der Waals surface area contributed by atoms with Crippen molar-refractivity contribution in [2.45, 2.75) is 0 Å². The average Bonchev–Trinajstić information content (AvgIpc) is 2.71. The largest absolute Gasteiger partial charge is 0.508 e. The molecule has 0 aliphatic carbocycles. The summed E-state index contributed by atoms with van der Waals surface area (Å²) in [7, 11) is 1.92. The molecule has 2 aromatic rings. The molecule has 0 amide bonds. The van der Waals surface area contributed by atoms with Crippen LogP contribution in [0.25, 0.3) is 0 Å². The van der Waals surface area contributed by atoms with Crippen LogP contribution in [0.5, 0.6) is 11.5 Å². The predicted molar refractivity (Wildman–Crippen MR) is 124 cm³/mol. The number of phenolic OH excluding ortho intramolecular Hbond substituents is 1. The maximum absolute atomic E-state index is 9.30. The molecule has 11 heteroatoms. The van der Waals surface area contributed by atoms with Crippen molar-refractivity contribution in [3.8, 4) is 11.5 Å². The van der Waals surface area contributed by atoms with E-state index < -0.39 is 14.1 Å². The van der Waals surface area contributed by atoms with Crippen LogP contribution in [0.3, 0.4) is 0 Å². The van der Waals surface area contributed by atoms with Gasteiger partial charge in [-0.15, -0.1) is 0 Å². The molecule has 0 saturated heterocycles. The van der Waals surface area contributed by atoms with Gasteiger partial charge < -0.3 is 14.2 Å². The zero-order valence-corrected chi connectivity index (χ0v) is 19.3. The van der Waals surface area contributed by atoms with Gasteiger partial charge in [-0.05, 0) is 83.3 Å². The Morgan fingerprint density at radius 1 is 0.857 bits per heavy atom. The van der Waals surface area contributed by atoms with Crippen molar-refractivity contribution in [2.75, 3.05) is 21.2 Å². The Kier molecular flexibility index (Phi) is 9.09. The minimum Gasteiger partial charge on any atom is -0.508 e. The van der Waals surface area contributed by atoms with Crippen LogP contribution in [0, 0.1) is 0 Å². The maximum atomic E-state index is 9.30. The lowest BCUT2D eigenvalue weighted by atomic mass is 10.2. The fourth-order valence-electron chi connectivity index (χ4n) is 1.88. The van der Waals surface area contributed by atoms with Gasteiger partial charge in [-0.3, -0.25) is 4.78 Å². The molecule has 2 atom stereocenters. The zero-order chi connectivity index (χ0) is 20.5. The van der Waals surface area contributed by atoms with Crippen LogP contribution in [-0.4, -0.2) is 48.3 Å². The van der Waals surface area contributed by atoms with Crippen molar-refractivity contribution < 1.29 is 14.2 Å². The average molecular weight is 456 g/mol. The lowest BCUT2D eigenvalue weighted by Crippen LogP contribution is -2.03. The normalized spacial score (nSPS) is 13.5. The molecule has 7 nitrogen and oxygen atoms in total. The lowest BCUT2D eigenvalue weighted by molar-refractivity contribution is 0.421. The van der Waals surface area contributed by atoms with Crippen molar-refractivity contribution in [3.63, 3.8) is 0 Å². The van der Waals surface area contributed by atoms with Gasteiger partial charge in [0.2, 0.25) is 7.07 Å². The van der Waals surface area contributed by atoms with Crippen LogP contribution < -0.4 is 4.52 Å². The van der Waals surface area contributed by atoms with Crippen LogP contribution in [0.4, 0.5) is 0 Å². The van der Waals surface area contributed by atoms with E-state index in [0.717, 1.165) is 11.1 Å². The second kappa shape index (κ2) is 11.3. The molecule has 0 saturated carbocycles. The van der Waals surface area contributed by atoms with E-state index in [1.165, 1.54) is 0 Å². The first-order valence-corrected chi connectivity index (χ1v) is 13.1. The first-order chi connectivity index (χ1) is 13.4. The molecule has 150 valence electrons. The zero-order valence-electron chi connectivity index (χ0n) is 15.6. The van der Waals surface area contributed by atoms with Crippen molar-refractivity contribution in [1.29, 1.82) is 0 Å². The molecule has 0 heterocycles. The van der Waals surface area contributed by atoms with Gasteiger partial charge in [0, 0.05) is 21.2 Å². The molecule has 0 bridgehead atoms. The van der Waals surface area contributed by atoms with Gasteiger partial charge in [-0.1, -0.05) is 0 Å². The standard InChI is InChI=1S/C17H22N4O3P2S2/c1-20(25(27)23-3)18-13-15-6-10-17(11-7-15)24-26(28)21(2)19-12-14-4-8-16(22)9-5-14/h4-13,22,25-26H,1-3H3/b18-13+,19-12+. The summed E-state index contributed by atoms with van der Waals surface area (Å²) in [6.07, 6.45) is 3.39. The molecule has 0 spiro atoms. The molecule has 28 heavy (non-hydrogen) atoms. The van der Waals surface area contributed by atoms with Crippen LogP contribution in [0.2, 0.25) is 0 Å². The van der Waals surface area contributed by atoms with E-state index in [-0.39, 0.29) is 5.75 Å². The van der Waals surface area contributed by atoms with E-state index in [9.17, 15) is 5.11 Å². The lowest BCUT2D eigenvalue weighted by Gasteiger charge is -2.16.